The van der Waals surface area contributed by atoms with E-state index >= 15 is 0 Å². The van der Waals surface area contributed by atoms with Crippen LogP contribution in [0, 0.1) is 0 Å². The third-order valence-electron chi connectivity index (χ3n) is 3.03. The monoisotopic (exact) mass is 331 g/mol. The zero-order chi connectivity index (χ0) is 15.9. The second-order valence-corrected chi connectivity index (χ2v) is 8.69. The molecule has 1 aromatic rings. The van der Waals surface area contributed by atoms with Crippen molar-refractivity contribution >= 4 is 18.8 Å². The number of azide groups is 1. The fraction of sp³-hybridized carbons (Fsp3) is 0.455. The lowest BCUT2D eigenvalue weighted by Crippen LogP contribution is -2.43. The van der Waals surface area contributed by atoms with Crippen LogP contribution in [0.5, 0.6) is 0 Å². The summed E-state index contributed by atoms with van der Waals surface area (Å²) in [6.45, 7) is 0. The van der Waals surface area contributed by atoms with Gasteiger partial charge in [0.2, 0.25) is 0 Å². The van der Waals surface area contributed by atoms with Gasteiger partial charge in [-0.1, -0.05) is 18.2 Å². The highest BCUT2D eigenvalue weighted by molar-refractivity contribution is 7.90. The molecule has 1 rings (SSSR count). The third-order valence-corrected chi connectivity index (χ3v) is 7.00. The average molecular weight is 331 g/mol. The highest BCUT2D eigenvalue weighted by atomic mass is 32.2. The molecular weight excluding hydrogens is 314 g/mol. The summed E-state index contributed by atoms with van der Waals surface area (Å²) in [4.78, 5) is 2.33. The zero-order valence-corrected chi connectivity index (χ0v) is 13.8. The fourth-order valence-electron chi connectivity index (χ4n) is 1.90. The number of hydrogen-bond donors (Lipinski definition) is 0. The number of rotatable bonds is 8. The first-order chi connectivity index (χ1) is 9.94. The van der Waals surface area contributed by atoms with Crippen LogP contribution in [0.15, 0.2) is 33.7 Å². The first-order valence-corrected chi connectivity index (χ1v) is 9.36. The highest BCUT2D eigenvalue weighted by Crippen LogP contribution is 2.23. The van der Waals surface area contributed by atoms with Crippen molar-refractivity contribution in [2.75, 3.05) is 21.3 Å². The molecule has 0 unspecified atom stereocenters. The number of benzene rings is 1. The van der Waals surface area contributed by atoms with Gasteiger partial charge in [-0.3, -0.25) is 0 Å². The minimum Gasteiger partial charge on any atom is -0.377 e. The van der Waals surface area contributed by atoms with Crippen molar-refractivity contribution in [2.24, 2.45) is 4.52 Å². The van der Waals surface area contributed by atoms with Crippen molar-refractivity contribution in [2.45, 2.75) is 17.4 Å². The van der Waals surface area contributed by atoms with Crippen molar-refractivity contribution in [1.29, 1.82) is 0 Å². The lowest BCUT2D eigenvalue weighted by atomic mass is 10.2. The summed E-state index contributed by atoms with van der Waals surface area (Å²) in [5, 5.41) is 0. The summed E-state index contributed by atoms with van der Waals surface area (Å²) in [7, 11) is -2.36. The fourth-order valence-corrected chi connectivity index (χ4v) is 4.52. The van der Waals surface area contributed by atoms with Gasteiger partial charge in [-0.25, -0.2) is 8.42 Å². The van der Waals surface area contributed by atoms with E-state index in [2.05, 4.69) is 9.43 Å². The van der Waals surface area contributed by atoms with E-state index in [1.807, 2.05) is 0 Å². The summed E-state index contributed by atoms with van der Waals surface area (Å²) in [5.74, 6) is 0. The van der Waals surface area contributed by atoms with Crippen LogP contribution in [-0.2, 0) is 29.7 Å². The van der Waals surface area contributed by atoms with Crippen molar-refractivity contribution in [3.8, 4) is 0 Å². The third kappa shape index (κ3) is 4.27. The SMILES string of the molecule is CO[Si](CCc1ccccc1S(=O)(=O)N=[N+]=[N-])(OC)OC. The van der Waals surface area contributed by atoms with E-state index in [4.69, 9.17) is 18.8 Å². The van der Waals surface area contributed by atoms with E-state index in [1.54, 1.807) is 18.2 Å². The zero-order valence-electron chi connectivity index (χ0n) is 12.0. The van der Waals surface area contributed by atoms with Crippen LogP contribution in [0.4, 0.5) is 0 Å². The van der Waals surface area contributed by atoms with Gasteiger partial charge in [-0.2, -0.15) is 0 Å². The molecule has 0 amide bonds. The molecule has 0 aliphatic heterocycles. The molecule has 0 aliphatic carbocycles. The van der Waals surface area contributed by atoms with Gasteiger partial charge in [0.15, 0.2) is 0 Å². The van der Waals surface area contributed by atoms with Crippen LogP contribution in [0.1, 0.15) is 5.56 Å². The first kappa shape index (κ1) is 17.6. The van der Waals surface area contributed by atoms with Crippen LogP contribution < -0.4 is 0 Å². The van der Waals surface area contributed by atoms with Gasteiger partial charge in [-0.15, -0.1) is 0 Å². The Morgan fingerprint density at radius 3 is 2.29 bits per heavy atom. The van der Waals surface area contributed by atoms with Gasteiger partial charge in [0.25, 0.3) is 10.0 Å². The maximum Gasteiger partial charge on any atom is 0.500 e. The molecular formula is C11H17N3O5SSi. The number of nitrogens with zero attached hydrogens (tertiary/aromatic N) is 3. The molecule has 0 N–H and O–H groups in total. The van der Waals surface area contributed by atoms with Gasteiger partial charge < -0.3 is 13.3 Å². The number of hydrogen-bond acceptors (Lipinski definition) is 5. The Balaban J connectivity index is 3.09. The van der Waals surface area contributed by atoms with Crippen LogP contribution in [-0.4, -0.2) is 38.6 Å². The van der Waals surface area contributed by atoms with E-state index in [9.17, 15) is 8.42 Å². The standard InChI is InChI=1S/C11H17N3O5SSi/c1-17-21(18-2,19-3)9-8-10-6-4-5-7-11(10)20(15,16)14-13-12/h4-7H,8-9H2,1-3H3. The second-order valence-electron chi connectivity index (χ2n) is 4.05. The predicted molar refractivity (Wildman–Crippen MR) is 78.1 cm³/mol. The Bertz CT molecular complexity index is 618. The summed E-state index contributed by atoms with van der Waals surface area (Å²) in [6.07, 6.45) is 0.359. The van der Waals surface area contributed by atoms with E-state index in [-0.39, 0.29) is 4.90 Å². The predicted octanol–water partition coefficient (Wildman–Crippen LogP) is 2.11. The molecule has 10 heteroatoms. The van der Waals surface area contributed by atoms with Crippen molar-refractivity contribution in [3.05, 3.63) is 40.3 Å². The normalized spacial score (nSPS) is 12.0. The molecule has 8 nitrogen and oxygen atoms in total. The first-order valence-electron chi connectivity index (χ1n) is 5.99. The number of aryl methyl sites for hydroxylation is 1. The largest absolute Gasteiger partial charge is 0.500 e. The van der Waals surface area contributed by atoms with Crippen molar-refractivity contribution in [3.63, 3.8) is 0 Å². The van der Waals surface area contributed by atoms with E-state index < -0.39 is 18.8 Å². The minimum atomic E-state index is -4.03. The van der Waals surface area contributed by atoms with Gasteiger partial charge >= 0.3 is 8.80 Å². The van der Waals surface area contributed by atoms with E-state index in [0.717, 1.165) is 0 Å². The lowest BCUT2D eigenvalue weighted by molar-refractivity contribution is 0.123. The molecule has 0 saturated carbocycles. The average Bonchev–Trinajstić information content (AvgIpc) is 2.49. The van der Waals surface area contributed by atoms with Crippen molar-refractivity contribution < 1.29 is 21.7 Å². The van der Waals surface area contributed by atoms with Crippen molar-refractivity contribution in [1.82, 2.24) is 0 Å². The summed E-state index contributed by atoms with van der Waals surface area (Å²) >= 11 is 0. The molecule has 21 heavy (non-hydrogen) atoms. The van der Waals surface area contributed by atoms with Crippen LogP contribution in [0.25, 0.3) is 10.4 Å². The summed E-state index contributed by atoms with van der Waals surface area (Å²) < 4.78 is 42.5. The van der Waals surface area contributed by atoms with Gasteiger partial charge in [0.1, 0.15) is 0 Å². The van der Waals surface area contributed by atoms with Crippen LogP contribution in [0.2, 0.25) is 6.04 Å². The number of sulfonamides is 1. The van der Waals surface area contributed by atoms with Crippen LogP contribution >= 0.6 is 0 Å². The molecule has 1 aromatic carbocycles. The summed E-state index contributed by atoms with van der Waals surface area (Å²) in [5.41, 5.74) is 8.87. The Labute approximate surface area is 124 Å². The molecule has 116 valence electrons. The lowest BCUT2D eigenvalue weighted by Gasteiger charge is -2.24. The Hall–Kier alpha value is -1.42. The second kappa shape index (κ2) is 7.55. The molecule has 0 saturated heterocycles. The Kier molecular flexibility index (Phi) is 6.34. The minimum absolute atomic E-state index is 0.0194. The molecule has 0 bridgehead atoms. The molecule has 0 aromatic heterocycles. The highest BCUT2D eigenvalue weighted by Gasteiger charge is 2.37. The maximum absolute atomic E-state index is 11.9. The van der Waals surface area contributed by atoms with Crippen LogP contribution in [0.3, 0.4) is 0 Å². The maximum atomic E-state index is 11.9. The summed E-state index contributed by atoms with van der Waals surface area (Å²) in [6, 6.07) is 6.73. The molecule has 0 radical (unpaired) electrons. The quantitative estimate of drug-likeness (QED) is 0.313. The molecule has 0 fully saturated rings. The molecule has 0 atom stereocenters. The molecule has 0 spiro atoms. The Morgan fingerprint density at radius 2 is 1.76 bits per heavy atom. The topological polar surface area (TPSA) is 111 Å². The van der Waals surface area contributed by atoms with E-state index in [1.165, 1.54) is 27.4 Å². The van der Waals surface area contributed by atoms with Gasteiger partial charge in [0, 0.05) is 36.8 Å². The molecule has 0 heterocycles. The van der Waals surface area contributed by atoms with Gasteiger partial charge in [-0.05, 0) is 23.6 Å². The van der Waals surface area contributed by atoms with Gasteiger partial charge in [0.05, 0.1) is 4.90 Å². The Morgan fingerprint density at radius 1 is 1.19 bits per heavy atom. The molecule has 0 aliphatic rings. The van der Waals surface area contributed by atoms with E-state index in [0.29, 0.717) is 18.0 Å². The smallest absolute Gasteiger partial charge is 0.377 e.